The second-order valence-corrected chi connectivity index (χ2v) is 5.93. The van der Waals surface area contributed by atoms with E-state index in [2.05, 4.69) is 14.6 Å². The van der Waals surface area contributed by atoms with Crippen molar-refractivity contribution in [2.75, 3.05) is 59.0 Å². The van der Waals surface area contributed by atoms with Gasteiger partial charge in [-0.3, -0.25) is 9.69 Å². The number of likely N-dealkylation sites (tertiary alicyclic amines) is 1. The maximum atomic E-state index is 12.2. The highest BCUT2D eigenvalue weighted by Gasteiger charge is 2.21. The molecule has 2 aliphatic rings. The van der Waals surface area contributed by atoms with Crippen LogP contribution in [0.3, 0.4) is 0 Å². The SMILES string of the molecule is O=C(CCN1CCCCC1)N1CCN(CCO[N+](=O)[O-])CC1. The molecule has 126 valence electrons. The largest absolute Gasteiger partial charge is 0.340 e. The first-order chi connectivity index (χ1) is 10.6. The lowest BCUT2D eigenvalue weighted by molar-refractivity contribution is -0.757. The average molecular weight is 314 g/mol. The first-order valence-electron chi connectivity index (χ1n) is 8.15. The molecule has 0 atom stereocenters. The smallest absolute Gasteiger partial charge is 0.294 e. The van der Waals surface area contributed by atoms with Gasteiger partial charge in [0, 0.05) is 45.7 Å². The molecule has 22 heavy (non-hydrogen) atoms. The number of hydrogen-bond acceptors (Lipinski definition) is 6. The summed E-state index contributed by atoms with van der Waals surface area (Å²) >= 11 is 0. The van der Waals surface area contributed by atoms with Crippen molar-refractivity contribution in [2.24, 2.45) is 0 Å². The van der Waals surface area contributed by atoms with E-state index in [0.717, 1.165) is 32.7 Å². The predicted octanol–water partition coefficient (Wildman–Crippen LogP) is 0.215. The van der Waals surface area contributed by atoms with Gasteiger partial charge in [-0.25, -0.2) is 0 Å². The second kappa shape index (κ2) is 8.89. The van der Waals surface area contributed by atoms with Crippen LogP contribution < -0.4 is 0 Å². The van der Waals surface area contributed by atoms with Crippen molar-refractivity contribution in [3.8, 4) is 0 Å². The summed E-state index contributed by atoms with van der Waals surface area (Å²) in [6, 6.07) is 0. The van der Waals surface area contributed by atoms with Gasteiger partial charge in [0.05, 0.1) is 0 Å². The van der Waals surface area contributed by atoms with E-state index in [-0.39, 0.29) is 12.5 Å². The molecule has 0 radical (unpaired) electrons. The van der Waals surface area contributed by atoms with Crippen molar-refractivity contribution in [1.82, 2.24) is 14.7 Å². The summed E-state index contributed by atoms with van der Waals surface area (Å²) in [5.41, 5.74) is 0. The molecule has 0 unspecified atom stereocenters. The zero-order valence-corrected chi connectivity index (χ0v) is 13.1. The fraction of sp³-hybridized carbons (Fsp3) is 0.929. The minimum absolute atomic E-state index is 0.0932. The number of piperazine rings is 1. The van der Waals surface area contributed by atoms with Crippen molar-refractivity contribution in [1.29, 1.82) is 0 Å². The number of nitrogens with zero attached hydrogens (tertiary/aromatic N) is 4. The normalized spacial score (nSPS) is 20.8. The van der Waals surface area contributed by atoms with Crippen molar-refractivity contribution < 1.29 is 14.7 Å². The molecule has 8 nitrogen and oxygen atoms in total. The van der Waals surface area contributed by atoms with Gasteiger partial charge in [-0.05, 0) is 25.9 Å². The van der Waals surface area contributed by atoms with Gasteiger partial charge in [0.25, 0.3) is 5.09 Å². The molecule has 0 bridgehead atoms. The fourth-order valence-corrected chi connectivity index (χ4v) is 3.06. The second-order valence-electron chi connectivity index (χ2n) is 5.93. The molecule has 2 fully saturated rings. The highest BCUT2D eigenvalue weighted by atomic mass is 16.9. The lowest BCUT2D eigenvalue weighted by Gasteiger charge is -2.35. The maximum Gasteiger partial charge on any atom is 0.294 e. The molecule has 0 aromatic heterocycles. The molecule has 2 rings (SSSR count). The Kier molecular flexibility index (Phi) is 6.85. The Morgan fingerprint density at radius 1 is 0.955 bits per heavy atom. The Morgan fingerprint density at radius 2 is 1.59 bits per heavy atom. The molecule has 0 aromatic carbocycles. The summed E-state index contributed by atoms with van der Waals surface area (Å²) in [5, 5.41) is 9.33. The first kappa shape index (κ1) is 17.0. The fourth-order valence-electron chi connectivity index (χ4n) is 3.06. The Morgan fingerprint density at radius 3 is 2.23 bits per heavy atom. The van der Waals surface area contributed by atoms with E-state index in [1.807, 2.05) is 4.90 Å². The zero-order chi connectivity index (χ0) is 15.8. The third kappa shape index (κ3) is 5.76. The molecule has 2 saturated heterocycles. The number of carbonyl (C=O) groups is 1. The van der Waals surface area contributed by atoms with Crippen molar-refractivity contribution in [3.63, 3.8) is 0 Å². The van der Waals surface area contributed by atoms with Gasteiger partial charge in [-0.2, -0.15) is 0 Å². The highest BCUT2D eigenvalue weighted by molar-refractivity contribution is 5.76. The number of hydrogen-bond donors (Lipinski definition) is 0. The number of rotatable bonds is 7. The minimum Gasteiger partial charge on any atom is -0.340 e. The number of amides is 1. The Balaban J connectivity index is 1.59. The van der Waals surface area contributed by atoms with Crippen molar-refractivity contribution in [3.05, 3.63) is 10.1 Å². The molecule has 1 amide bonds. The maximum absolute atomic E-state index is 12.2. The molecular formula is C14H26N4O4. The van der Waals surface area contributed by atoms with Gasteiger partial charge in [0.15, 0.2) is 0 Å². The molecule has 0 saturated carbocycles. The molecule has 2 heterocycles. The van der Waals surface area contributed by atoms with Crippen LogP contribution in [0.1, 0.15) is 25.7 Å². The van der Waals surface area contributed by atoms with Gasteiger partial charge in [-0.1, -0.05) is 6.42 Å². The molecular weight excluding hydrogens is 288 g/mol. The van der Waals surface area contributed by atoms with Crippen LogP contribution in [0, 0.1) is 10.1 Å². The summed E-state index contributed by atoms with van der Waals surface area (Å²) in [5.74, 6) is 0.228. The van der Waals surface area contributed by atoms with E-state index in [0.29, 0.717) is 26.1 Å². The van der Waals surface area contributed by atoms with E-state index in [1.165, 1.54) is 19.3 Å². The zero-order valence-electron chi connectivity index (χ0n) is 13.1. The summed E-state index contributed by atoms with van der Waals surface area (Å²) in [4.78, 5) is 33.0. The minimum atomic E-state index is -0.764. The summed E-state index contributed by atoms with van der Waals surface area (Å²) in [6.45, 7) is 6.68. The number of carbonyl (C=O) groups excluding carboxylic acids is 1. The van der Waals surface area contributed by atoms with Crippen LogP contribution in [0.5, 0.6) is 0 Å². The van der Waals surface area contributed by atoms with Crippen LogP contribution in [-0.2, 0) is 9.63 Å². The Hall–Kier alpha value is -1.41. The van der Waals surface area contributed by atoms with Gasteiger partial charge in [-0.15, -0.1) is 10.1 Å². The van der Waals surface area contributed by atoms with Gasteiger partial charge in [0.1, 0.15) is 6.61 Å². The topological polar surface area (TPSA) is 79.2 Å². The van der Waals surface area contributed by atoms with Crippen LogP contribution in [0.15, 0.2) is 0 Å². The van der Waals surface area contributed by atoms with Gasteiger partial charge in [0.2, 0.25) is 5.91 Å². The van der Waals surface area contributed by atoms with Crippen molar-refractivity contribution in [2.45, 2.75) is 25.7 Å². The van der Waals surface area contributed by atoms with Crippen LogP contribution >= 0.6 is 0 Å². The number of piperidine rings is 1. The Bertz CT molecular complexity index is 366. The predicted molar refractivity (Wildman–Crippen MR) is 80.9 cm³/mol. The molecule has 2 aliphatic heterocycles. The van der Waals surface area contributed by atoms with Crippen LogP contribution in [-0.4, -0.2) is 84.7 Å². The molecule has 0 aliphatic carbocycles. The monoisotopic (exact) mass is 314 g/mol. The standard InChI is InChI=1S/C14H26N4O4/c19-14(4-7-15-5-2-1-3-6-15)17-10-8-16(9-11-17)12-13-22-18(20)21/h1-13H2. The molecule has 0 N–H and O–H groups in total. The third-order valence-corrected chi connectivity index (χ3v) is 4.42. The van der Waals surface area contributed by atoms with Crippen LogP contribution in [0.25, 0.3) is 0 Å². The highest BCUT2D eigenvalue weighted by Crippen LogP contribution is 2.10. The molecule has 0 aromatic rings. The summed E-state index contributed by atoms with van der Waals surface area (Å²) < 4.78 is 0. The lowest BCUT2D eigenvalue weighted by atomic mass is 10.1. The van der Waals surface area contributed by atoms with E-state index in [9.17, 15) is 14.9 Å². The lowest BCUT2D eigenvalue weighted by Crippen LogP contribution is -2.50. The van der Waals surface area contributed by atoms with Crippen molar-refractivity contribution >= 4 is 5.91 Å². The third-order valence-electron chi connectivity index (χ3n) is 4.42. The van der Waals surface area contributed by atoms with E-state index in [4.69, 9.17) is 0 Å². The van der Waals surface area contributed by atoms with E-state index < -0.39 is 5.09 Å². The molecule has 0 spiro atoms. The quantitative estimate of drug-likeness (QED) is 0.494. The van der Waals surface area contributed by atoms with E-state index >= 15 is 0 Å². The first-order valence-corrected chi connectivity index (χ1v) is 8.15. The van der Waals surface area contributed by atoms with Crippen LogP contribution in [0.4, 0.5) is 0 Å². The van der Waals surface area contributed by atoms with E-state index in [1.54, 1.807) is 0 Å². The average Bonchev–Trinajstić information content (AvgIpc) is 2.54. The summed E-state index contributed by atoms with van der Waals surface area (Å²) in [6.07, 6.45) is 4.41. The van der Waals surface area contributed by atoms with Crippen LogP contribution in [0.2, 0.25) is 0 Å². The Labute approximate surface area is 131 Å². The van der Waals surface area contributed by atoms with Gasteiger partial charge < -0.3 is 14.6 Å². The molecule has 8 heteroatoms. The summed E-state index contributed by atoms with van der Waals surface area (Å²) in [7, 11) is 0. The van der Waals surface area contributed by atoms with Gasteiger partial charge >= 0.3 is 0 Å².